The van der Waals surface area contributed by atoms with Crippen molar-refractivity contribution in [3.8, 4) is 11.3 Å². The molecule has 0 radical (unpaired) electrons. The second kappa shape index (κ2) is 4.25. The molecule has 3 N–H and O–H groups in total. The first-order valence-electron chi connectivity index (χ1n) is 5.12. The van der Waals surface area contributed by atoms with Crippen LogP contribution >= 0.6 is 11.6 Å². The SMILES string of the molecule is NNc1ncnc2onc(-c3ccc(Cl)cc3)c12. The van der Waals surface area contributed by atoms with E-state index in [1.54, 1.807) is 12.1 Å². The predicted molar refractivity (Wildman–Crippen MR) is 67.9 cm³/mol. The molecule has 0 spiro atoms. The van der Waals surface area contributed by atoms with Gasteiger partial charge in [-0.15, -0.1) is 0 Å². The summed E-state index contributed by atoms with van der Waals surface area (Å²) in [5.74, 6) is 5.88. The zero-order valence-corrected chi connectivity index (χ0v) is 9.85. The summed E-state index contributed by atoms with van der Waals surface area (Å²) in [6, 6.07) is 7.23. The Morgan fingerprint density at radius 2 is 1.94 bits per heavy atom. The number of nitrogens with two attached hydrogens (primary N) is 1. The number of fused-ring (bicyclic) bond motifs is 1. The van der Waals surface area contributed by atoms with Crippen LogP contribution in [0.25, 0.3) is 22.4 Å². The quantitative estimate of drug-likeness (QED) is 0.543. The van der Waals surface area contributed by atoms with Crippen LogP contribution in [0.2, 0.25) is 5.02 Å². The molecule has 3 rings (SSSR count). The van der Waals surface area contributed by atoms with Gasteiger partial charge in [0.1, 0.15) is 17.4 Å². The first kappa shape index (κ1) is 10.9. The lowest BCUT2D eigenvalue weighted by Crippen LogP contribution is -2.09. The molecule has 0 unspecified atom stereocenters. The molecule has 2 heterocycles. The van der Waals surface area contributed by atoms with Gasteiger partial charge < -0.3 is 9.95 Å². The Morgan fingerprint density at radius 3 is 2.67 bits per heavy atom. The fourth-order valence-corrected chi connectivity index (χ4v) is 1.83. The Morgan fingerprint density at radius 1 is 1.17 bits per heavy atom. The lowest BCUT2D eigenvalue weighted by molar-refractivity contribution is 0.451. The molecule has 0 bridgehead atoms. The second-order valence-electron chi connectivity index (χ2n) is 3.58. The van der Waals surface area contributed by atoms with Crippen LogP contribution in [0.3, 0.4) is 0 Å². The lowest BCUT2D eigenvalue weighted by atomic mass is 10.1. The molecule has 90 valence electrons. The molecule has 0 fully saturated rings. The van der Waals surface area contributed by atoms with Gasteiger partial charge >= 0.3 is 0 Å². The van der Waals surface area contributed by atoms with E-state index < -0.39 is 0 Å². The van der Waals surface area contributed by atoms with Crippen LogP contribution in [0.1, 0.15) is 0 Å². The van der Waals surface area contributed by atoms with Crippen molar-refractivity contribution in [2.24, 2.45) is 5.84 Å². The van der Waals surface area contributed by atoms with E-state index in [2.05, 4.69) is 20.6 Å². The molecule has 1 aromatic carbocycles. The van der Waals surface area contributed by atoms with E-state index >= 15 is 0 Å². The molecular weight excluding hydrogens is 254 g/mol. The number of halogens is 1. The topological polar surface area (TPSA) is 89.9 Å². The Bertz CT molecular complexity index is 694. The molecule has 7 heteroatoms. The smallest absolute Gasteiger partial charge is 0.263 e. The van der Waals surface area contributed by atoms with Crippen molar-refractivity contribution >= 4 is 28.5 Å². The van der Waals surface area contributed by atoms with Crippen LogP contribution in [0, 0.1) is 0 Å². The number of hydrogen-bond donors (Lipinski definition) is 2. The molecular formula is C11H8ClN5O. The number of benzene rings is 1. The van der Waals surface area contributed by atoms with E-state index in [0.717, 1.165) is 5.56 Å². The van der Waals surface area contributed by atoms with Crippen molar-refractivity contribution in [2.75, 3.05) is 5.43 Å². The van der Waals surface area contributed by atoms with Crippen LogP contribution in [-0.4, -0.2) is 15.1 Å². The minimum absolute atomic E-state index is 0.378. The maximum atomic E-state index is 5.85. The van der Waals surface area contributed by atoms with E-state index in [4.69, 9.17) is 22.0 Å². The Balaban J connectivity index is 2.26. The van der Waals surface area contributed by atoms with Gasteiger partial charge in [-0.05, 0) is 12.1 Å². The summed E-state index contributed by atoms with van der Waals surface area (Å²) in [5.41, 5.74) is 4.35. The van der Waals surface area contributed by atoms with Crippen molar-refractivity contribution < 1.29 is 4.52 Å². The molecule has 0 aliphatic carbocycles. The summed E-state index contributed by atoms with van der Waals surface area (Å²) >= 11 is 5.85. The number of nitrogens with zero attached hydrogens (tertiary/aromatic N) is 3. The average molecular weight is 262 g/mol. The van der Waals surface area contributed by atoms with Gasteiger partial charge in [0.05, 0.1) is 0 Å². The number of rotatable bonds is 2. The number of nitrogen functional groups attached to an aromatic ring is 1. The van der Waals surface area contributed by atoms with E-state index in [0.29, 0.717) is 27.6 Å². The third kappa shape index (κ3) is 1.68. The lowest BCUT2D eigenvalue weighted by Gasteiger charge is -2.01. The van der Waals surface area contributed by atoms with Crippen LogP contribution in [0.15, 0.2) is 35.1 Å². The van der Waals surface area contributed by atoms with E-state index in [-0.39, 0.29) is 0 Å². The van der Waals surface area contributed by atoms with Gasteiger partial charge in [-0.25, -0.2) is 10.8 Å². The number of hydrazine groups is 1. The van der Waals surface area contributed by atoms with Gasteiger partial charge in [0.2, 0.25) is 0 Å². The molecule has 0 saturated heterocycles. The third-order valence-corrected chi connectivity index (χ3v) is 2.78. The van der Waals surface area contributed by atoms with Gasteiger partial charge in [-0.3, -0.25) is 0 Å². The van der Waals surface area contributed by atoms with E-state index in [1.165, 1.54) is 6.33 Å². The fraction of sp³-hybridized carbons (Fsp3) is 0. The van der Waals surface area contributed by atoms with Crippen LogP contribution in [-0.2, 0) is 0 Å². The summed E-state index contributed by atoms with van der Waals surface area (Å²) in [6.07, 6.45) is 1.36. The third-order valence-electron chi connectivity index (χ3n) is 2.53. The monoisotopic (exact) mass is 261 g/mol. The van der Waals surface area contributed by atoms with Crippen molar-refractivity contribution in [3.63, 3.8) is 0 Å². The summed E-state index contributed by atoms with van der Waals surface area (Å²) < 4.78 is 5.15. The summed E-state index contributed by atoms with van der Waals surface area (Å²) in [7, 11) is 0. The predicted octanol–water partition coefficient (Wildman–Crippen LogP) is 2.22. The highest BCUT2D eigenvalue weighted by Gasteiger charge is 2.15. The van der Waals surface area contributed by atoms with Crippen LogP contribution in [0.4, 0.5) is 5.82 Å². The van der Waals surface area contributed by atoms with E-state index in [1.807, 2.05) is 12.1 Å². The van der Waals surface area contributed by atoms with Gasteiger partial charge in [-0.2, -0.15) is 4.98 Å². The van der Waals surface area contributed by atoms with Gasteiger partial charge in [-0.1, -0.05) is 28.9 Å². The van der Waals surface area contributed by atoms with E-state index in [9.17, 15) is 0 Å². The minimum atomic E-state index is 0.378. The van der Waals surface area contributed by atoms with Crippen molar-refractivity contribution in [2.45, 2.75) is 0 Å². The van der Waals surface area contributed by atoms with Gasteiger partial charge in [0, 0.05) is 10.6 Å². The minimum Gasteiger partial charge on any atom is -0.335 e. The molecule has 18 heavy (non-hydrogen) atoms. The molecule has 3 aromatic rings. The summed E-state index contributed by atoms with van der Waals surface area (Å²) in [6.45, 7) is 0. The maximum absolute atomic E-state index is 5.85. The first-order chi connectivity index (χ1) is 8.79. The molecule has 0 atom stereocenters. The highest BCUT2D eigenvalue weighted by atomic mass is 35.5. The highest BCUT2D eigenvalue weighted by molar-refractivity contribution is 6.30. The van der Waals surface area contributed by atoms with Gasteiger partial charge in [0.15, 0.2) is 5.82 Å². The summed E-state index contributed by atoms with van der Waals surface area (Å²) in [5, 5.41) is 5.28. The largest absolute Gasteiger partial charge is 0.335 e. The molecule has 0 saturated carbocycles. The molecule has 0 amide bonds. The zero-order valence-electron chi connectivity index (χ0n) is 9.09. The standard InChI is InChI=1S/C11H8ClN5O/c12-7-3-1-6(2-4-7)9-8-10(16-13)14-5-15-11(8)18-17-9/h1-5H,13H2,(H,14,15,16). The number of anilines is 1. The number of hydrogen-bond acceptors (Lipinski definition) is 6. The Labute approximate surface area is 107 Å². The Kier molecular flexibility index (Phi) is 2.58. The zero-order chi connectivity index (χ0) is 12.5. The van der Waals surface area contributed by atoms with Crippen molar-refractivity contribution in [1.82, 2.24) is 15.1 Å². The van der Waals surface area contributed by atoms with Crippen molar-refractivity contribution in [3.05, 3.63) is 35.6 Å². The summed E-state index contributed by atoms with van der Waals surface area (Å²) in [4.78, 5) is 8.02. The molecule has 0 aliphatic heterocycles. The average Bonchev–Trinajstić information content (AvgIpc) is 2.83. The normalized spacial score (nSPS) is 10.8. The number of nitrogens with one attached hydrogen (secondary N) is 1. The molecule has 0 aliphatic rings. The fourth-order valence-electron chi connectivity index (χ4n) is 1.70. The first-order valence-corrected chi connectivity index (χ1v) is 5.50. The molecule has 2 aromatic heterocycles. The molecule has 6 nitrogen and oxygen atoms in total. The Hall–Kier alpha value is -2.18. The highest BCUT2D eigenvalue weighted by Crippen LogP contribution is 2.31. The second-order valence-corrected chi connectivity index (χ2v) is 4.02. The van der Waals surface area contributed by atoms with Gasteiger partial charge in [0.25, 0.3) is 5.71 Å². The number of aromatic nitrogens is 3. The van der Waals surface area contributed by atoms with Crippen LogP contribution < -0.4 is 11.3 Å². The van der Waals surface area contributed by atoms with Crippen LogP contribution in [0.5, 0.6) is 0 Å². The maximum Gasteiger partial charge on any atom is 0.263 e. The van der Waals surface area contributed by atoms with Crippen molar-refractivity contribution in [1.29, 1.82) is 0 Å².